The molecule has 96 valence electrons. The number of benzene rings is 1. The highest BCUT2D eigenvalue weighted by Gasteiger charge is 2.16. The summed E-state index contributed by atoms with van der Waals surface area (Å²) in [6.45, 7) is 2.07. The molecule has 1 N–H and O–H groups in total. The maximum absolute atomic E-state index is 13.3. The molecule has 0 aliphatic rings. The summed E-state index contributed by atoms with van der Waals surface area (Å²) in [7, 11) is 1.91. The number of hydrogen-bond acceptors (Lipinski definition) is 2. The van der Waals surface area contributed by atoms with Gasteiger partial charge in [0.2, 0.25) is 0 Å². The van der Waals surface area contributed by atoms with E-state index in [9.17, 15) is 4.39 Å². The molecule has 0 fully saturated rings. The summed E-state index contributed by atoms with van der Waals surface area (Å²) in [5, 5.41) is 3.27. The van der Waals surface area contributed by atoms with E-state index >= 15 is 0 Å². The molecule has 0 aliphatic carbocycles. The Balaban J connectivity index is 2.41. The number of aryl methyl sites for hydroxylation is 1. The second-order valence-corrected chi connectivity index (χ2v) is 7.26. The van der Waals surface area contributed by atoms with Crippen LogP contribution in [0.4, 0.5) is 4.39 Å². The Labute approximate surface area is 127 Å². The summed E-state index contributed by atoms with van der Waals surface area (Å²) in [5.74, 6) is -0.239. The maximum Gasteiger partial charge on any atom is 0.137 e. The van der Waals surface area contributed by atoms with Crippen molar-refractivity contribution in [3.05, 3.63) is 54.3 Å². The Kier molecular flexibility index (Phi) is 4.59. The molecule has 0 radical (unpaired) electrons. The summed E-state index contributed by atoms with van der Waals surface area (Å²) in [4.78, 5) is 1.21. The van der Waals surface area contributed by atoms with E-state index in [0.717, 1.165) is 9.35 Å². The SMILES string of the molecule is CNC(c1ccc(F)c(Br)c1)c1cc(C)c(Br)s1. The minimum atomic E-state index is -0.239. The van der Waals surface area contributed by atoms with Gasteiger partial charge in [-0.15, -0.1) is 11.3 Å². The van der Waals surface area contributed by atoms with Gasteiger partial charge in [-0.2, -0.15) is 0 Å². The van der Waals surface area contributed by atoms with Gasteiger partial charge < -0.3 is 5.32 Å². The van der Waals surface area contributed by atoms with Crippen LogP contribution in [0.2, 0.25) is 0 Å². The lowest BCUT2D eigenvalue weighted by molar-refractivity contribution is 0.617. The fraction of sp³-hybridized carbons (Fsp3) is 0.231. The van der Waals surface area contributed by atoms with Crippen LogP contribution in [0.1, 0.15) is 22.0 Å². The normalized spacial score (nSPS) is 12.7. The highest BCUT2D eigenvalue weighted by molar-refractivity contribution is 9.11. The smallest absolute Gasteiger partial charge is 0.137 e. The Morgan fingerprint density at radius 1 is 1.28 bits per heavy atom. The van der Waals surface area contributed by atoms with Gasteiger partial charge >= 0.3 is 0 Å². The molecule has 5 heteroatoms. The average Bonchev–Trinajstić information content (AvgIpc) is 2.65. The van der Waals surface area contributed by atoms with E-state index in [-0.39, 0.29) is 11.9 Å². The van der Waals surface area contributed by atoms with Gasteiger partial charge in [-0.25, -0.2) is 4.39 Å². The summed E-state index contributed by atoms with van der Waals surface area (Å²) >= 11 is 8.46. The monoisotopic (exact) mass is 391 g/mol. The molecule has 0 bridgehead atoms. The molecule has 1 unspecified atom stereocenters. The van der Waals surface area contributed by atoms with Gasteiger partial charge in [-0.3, -0.25) is 0 Å². The zero-order chi connectivity index (χ0) is 13.3. The lowest BCUT2D eigenvalue weighted by Crippen LogP contribution is -2.16. The van der Waals surface area contributed by atoms with Crippen molar-refractivity contribution in [1.29, 1.82) is 0 Å². The van der Waals surface area contributed by atoms with Crippen molar-refractivity contribution in [2.24, 2.45) is 0 Å². The minimum absolute atomic E-state index is 0.0805. The molecule has 0 amide bonds. The first kappa shape index (κ1) is 14.2. The summed E-state index contributed by atoms with van der Waals surface area (Å²) in [6, 6.07) is 7.34. The number of nitrogens with one attached hydrogen (secondary N) is 1. The van der Waals surface area contributed by atoms with Crippen LogP contribution in [0, 0.1) is 12.7 Å². The van der Waals surface area contributed by atoms with Gasteiger partial charge in [0, 0.05) is 4.88 Å². The van der Waals surface area contributed by atoms with Gasteiger partial charge in [0.25, 0.3) is 0 Å². The molecule has 1 heterocycles. The van der Waals surface area contributed by atoms with Crippen molar-refractivity contribution >= 4 is 43.2 Å². The van der Waals surface area contributed by atoms with Crippen LogP contribution in [-0.2, 0) is 0 Å². The van der Waals surface area contributed by atoms with Crippen molar-refractivity contribution in [1.82, 2.24) is 5.32 Å². The third-order valence-electron chi connectivity index (χ3n) is 2.73. The molecule has 1 nitrogen and oxygen atoms in total. The summed E-state index contributed by atoms with van der Waals surface area (Å²) in [6.07, 6.45) is 0. The van der Waals surface area contributed by atoms with Crippen LogP contribution in [0.3, 0.4) is 0 Å². The number of rotatable bonds is 3. The van der Waals surface area contributed by atoms with E-state index < -0.39 is 0 Å². The largest absolute Gasteiger partial charge is 0.309 e. The molecule has 0 saturated heterocycles. The number of hydrogen-bond donors (Lipinski definition) is 1. The molecule has 0 aliphatic heterocycles. The van der Waals surface area contributed by atoms with Crippen LogP contribution in [0.5, 0.6) is 0 Å². The van der Waals surface area contributed by atoms with E-state index in [1.165, 1.54) is 16.5 Å². The minimum Gasteiger partial charge on any atom is -0.309 e. The molecule has 1 atom stereocenters. The Bertz CT molecular complexity index is 549. The third kappa shape index (κ3) is 2.85. The van der Waals surface area contributed by atoms with Gasteiger partial charge in [-0.1, -0.05) is 6.07 Å². The molecular formula is C13H12Br2FNS. The topological polar surface area (TPSA) is 12.0 Å². The van der Waals surface area contributed by atoms with Gasteiger partial charge in [0.05, 0.1) is 14.3 Å². The number of thiophene rings is 1. The predicted octanol–water partition coefficient (Wildman–Crippen LogP) is 5.03. The highest BCUT2D eigenvalue weighted by Crippen LogP contribution is 2.35. The van der Waals surface area contributed by atoms with Crippen LogP contribution in [0.25, 0.3) is 0 Å². The van der Waals surface area contributed by atoms with Crippen LogP contribution >= 0.6 is 43.2 Å². The molecule has 2 aromatic rings. The van der Waals surface area contributed by atoms with Crippen molar-refractivity contribution in [2.45, 2.75) is 13.0 Å². The zero-order valence-corrected chi connectivity index (χ0v) is 13.9. The lowest BCUT2D eigenvalue weighted by Gasteiger charge is -2.15. The Morgan fingerprint density at radius 3 is 2.50 bits per heavy atom. The second kappa shape index (κ2) is 5.82. The Hall–Kier alpha value is -0.230. The maximum atomic E-state index is 13.3. The van der Waals surface area contributed by atoms with Crippen molar-refractivity contribution in [3.8, 4) is 0 Å². The van der Waals surface area contributed by atoms with Crippen molar-refractivity contribution < 1.29 is 4.39 Å². The van der Waals surface area contributed by atoms with Crippen LogP contribution in [-0.4, -0.2) is 7.05 Å². The highest BCUT2D eigenvalue weighted by atomic mass is 79.9. The summed E-state index contributed by atoms with van der Waals surface area (Å²) < 4.78 is 14.9. The molecular weight excluding hydrogens is 381 g/mol. The third-order valence-corrected chi connectivity index (χ3v) is 5.54. The van der Waals surface area contributed by atoms with Crippen molar-refractivity contribution in [3.63, 3.8) is 0 Å². The second-order valence-electron chi connectivity index (χ2n) is 4.00. The first-order valence-corrected chi connectivity index (χ1v) is 7.81. The first-order valence-electron chi connectivity index (χ1n) is 5.41. The van der Waals surface area contributed by atoms with Gasteiger partial charge in [-0.05, 0) is 75.2 Å². The lowest BCUT2D eigenvalue weighted by atomic mass is 10.1. The standard InChI is InChI=1S/C13H12Br2FNS/c1-7-5-11(18-13(7)15)12(17-2)8-3-4-10(16)9(14)6-8/h3-6,12,17H,1-2H3. The molecule has 18 heavy (non-hydrogen) atoms. The molecule has 2 rings (SSSR count). The Morgan fingerprint density at radius 2 is 2.00 bits per heavy atom. The van der Waals surface area contributed by atoms with Crippen LogP contribution in [0.15, 0.2) is 32.5 Å². The summed E-state index contributed by atoms with van der Waals surface area (Å²) in [5.41, 5.74) is 2.26. The number of halogens is 3. The molecule has 1 aromatic heterocycles. The molecule has 0 saturated carbocycles. The van der Waals surface area contributed by atoms with Gasteiger partial charge in [0.15, 0.2) is 0 Å². The zero-order valence-electron chi connectivity index (χ0n) is 9.93. The van der Waals surface area contributed by atoms with E-state index in [1.54, 1.807) is 11.3 Å². The van der Waals surface area contributed by atoms with Gasteiger partial charge in [0.1, 0.15) is 5.82 Å². The quantitative estimate of drug-likeness (QED) is 0.772. The fourth-order valence-corrected chi connectivity index (χ4v) is 3.90. The molecule has 0 spiro atoms. The van der Waals surface area contributed by atoms with E-state index in [0.29, 0.717) is 4.47 Å². The predicted molar refractivity (Wildman–Crippen MR) is 81.8 cm³/mol. The first-order chi connectivity index (χ1) is 8.52. The molecule has 1 aromatic carbocycles. The van der Waals surface area contributed by atoms with Crippen molar-refractivity contribution in [2.75, 3.05) is 7.05 Å². The fourth-order valence-electron chi connectivity index (χ4n) is 1.79. The van der Waals surface area contributed by atoms with E-state index in [4.69, 9.17) is 0 Å². The van der Waals surface area contributed by atoms with E-state index in [2.05, 4.69) is 50.2 Å². The average molecular weight is 393 g/mol. The van der Waals surface area contributed by atoms with Crippen LogP contribution < -0.4 is 5.32 Å². The van der Waals surface area contributed by atoms with E-state index in [1.807, 2.05) is 19.2 Å².